The molecule has 0 unspecified atom stereocenters. The predicted molar refractivity (Wildman–Crippen MR) is 103 cm³/mol. The molecule has 1 aromatic heterocycles. The Morgan fingerprint density at radius 1 is 1.00 bits per heavy atom. The molecule has 1 N–H and O–H groups in total. The number of phenols is 1. The molecule has 0 saturated carbocycles. The fraction of sp³-hybridized carbons (Fsp3) is 0.286. The SMILES string of the molecule is CCOC(=O)CCc1cc2c(=O)c3cc(C(=O)OCC)ccc3oc2cc1O. The van der Waals surface area contributed by atoms with Crippen LogP contribution in [0.4, 0.5) is 0 Å². The number of benzene rings is 2. The lowest BCUT2D eigenvalue weighted by Crippen LogP contribution is -2.08. The maximum atomic E-state index is 12.9. The van der Waals surface area contributed by atoms with Crippen LogP contribution in [0.1, 0.15) is 36.2 Å². The van der Waals surface area contributed by atoms with Crippen molar-refractivity contribution in [3.63, 3.8) is 0 Å². The summed E-state index contributed by atoms with van der Waals surface area (Å²) in [6.45, 7) is 3.92. The van der Waals surface area contributed by atoms with E-state index in [1.807, 2.05) is 0 Å². The standard InChI is InChI=1S/C21H20O7/c1-3-26-19(23)8-6-12-9-15-18(11-16(12)22)28-17-7-5-13(21(25)27-4-2)10-14(17)20(15)24/h5,7,9-11,22H,3-4,6,8H2,1-2H3. The molecule has 0 radical (unpaired) electrons. The van der Waals surface area contributed by atoms with Crippen molar-refractivity contribution < 1.29 is 28.6 Å². The van der Waals surface area contributed by atoms with Crippen LogP contribution in [0.2, 0.25) is 0 Å². The molecular weight excluding hydrogens is 364 g/mol. The first-order chi connectivity index (χ1) is 13.4. The van der Waals surface area contributed by atoms with Crippen molar-refractivity contribution in [2.24, 2.45) is 0 Å². The van der Waals surface area contributed by atoms with Gasteiger partial charge >= 0.3 is 11.9 Å². The molecule has 3 aromatic rings. The first-order valence-electron chi connectivity index (χ1n) is 8.99. The van der Waals surface area contributed by atoms with Crippen molar-refractivity contribution in [1.82, 2.24) is 0 Å². The smallest absolute Gasteiger partial charge is 0.338 e. The molecule has 146 valence electrons. The van der Waals surface area contributed by atoms with Gasteiger partial charge < -0.3 is 19.0 Å². The Morgan fingerprint density at radius 2 is 1.71 bits per heavy atom. The third-order valence-electron chi connectivity index (χ3n) is 4.28. The van der Waals surface area contributed by atoms with Gasteiger partial charge in [0.1, 0.15) is 16.9 Å². The van der Waals surface area contributed by atoms with Gasteiger partial charge in [-0.2, -0.15) is 0 Å². The molecule has 0 bridgehead atoms. The minimum Gasteiger partial charge on any atom is -0.508 e. The second-order valence-corrected chi connectivity index (χ2v) is 6.14. The Balaban J connectivity index is 2.06. The first-order valence-corrected chi connectivity index (χ1v) is 8.99. The van der Waals surface area contributed by atoms with Crippen LogP contribution < -0.4 is 5.43 Å². The molecule has 0 saturated heterocycles. The van der Waals surface area contributed by atoms with E-state index in [0.29, 0.717) is 11.1 Å². The highest BCUT2D eigenvalue weighted by molar-refractivity contribution is 5.97. The van der Waals surface area contributed by atoms with Gasteiger partial charge in [0.25, 0.3) is 0 Å². The first kappa shape index (κ1) is 19.4. The van der Waals surface area contributed by atoms with Crippen LogP contribution in [0, 0.1) is 0 Å². The van der Waals surface area contributed by atoms with Crippen LogP contribution in [-0.2, 0) is 20.7 Å². The lowest BCUT2D eigenvalue weighted by atomic mass is 10.0. The van der Waals surface area contributed by atoms with Crippen molar-refractivity contribution in [2.75, 3.05) is 13.2 Å². The number of rotatable bonds is 6. The lowest BCUT2D eigenvalue weighted by Gasteiger charge is -2.08. The average Bonchev–Trinajstić information content (AvgIpc) is 2.67. The number of hydrogen-bond acceptors (Lipinski definition) is 7. The molecule has 0 spiro atoms. The third-order valence-corrected chi connectivity index (χ3v) is 4.28. The molecule has 2 aromatic carbocycles. The van der Waals surface area contributed by atoms with E-state index in [1.54, 1.807) is 13.8 Å². The number of carbonyl (C=O) groups excluding carboxylic acids is 2. The zero-order valence-electron chi connectivity index (χ0n) is 15.6. The van der Waals surface area contributed by atoms with E-state index in [2.05, 4.69) is 0 Å². The summed E-state index contributed by atoms with van der Waals surface area (Å²) in [5.41, 5.74) is 0.874. The van der Waals surface area contributed by atoms with Gasteiger partial charge in [0.05, 0.1) is 29.5 Å². The van der Waals surface area contributed by atoms with E-state index in [-0.39, 0.29) is 65.1 Å². The number of fused-ring (bicyclic) bond motifs is 2. The van der Waals surface area contributed by atoms with Crippen LogP contribution in [0.25, 0.3) is 21.9 Å². The van der Waals surface area contributed by atoms with E-state index in [0.717, 1.165) is 0 Å². The number of hydrogen-bond donors (Lipinski definition) is 1. The fourth-order valence-corrected chi connectivity index (χ4v) is 2.95. The molecule has 28 heavy (non-hydrogen) atoms. The van der Waals surface area contributed by atoms with Crippen LogP contribution in [0.3, 0.4) is 0 Å². The highest BCUT2D eigenvalue weighted by atomic mass is 16.5. The molecule has 0 amide bonds. The molecule has 0 aliphatic carbocycles. The van der Waals surface area contributed by atoms with Crippen LogP contribution in [0.5, 0.6) is 5.75 Å². The lowest BCUT2D eigenvalue weighted by molar-refractivity contribution is -0.143. The summed E-state index contributed by atoms with van der Waals surface area (Å²) in [7, 11) is 0. The second kappa shape index (κ2) is 8.12. The maximum absolute atomic E-state index is 12.9. The fourth-order valence-electron chi connectivity index (χ4n) is 2.95. The molecule has 3 rings (SSSR count). The van der Waals surface area contributed by atoms with E-state index in [1.165, 1.54) is 30.3 Å². The summed E-state index contributed by atoms with van der Waals surface area (Å²) in [5.74, 6) is -0.973. The highest BCUT2D eigenvalue weighted by Gasteiger charge is 2.15. The normalized spacial score (nSPS) is 10.9. The Bertz CT molecular complexity index is 1110. The Labute approximate surface area is 160 Å². The number of ether oxygens (including phenoxy) is 2. The van der Waals surface area contributed by atoms with E-state index >= 15 is 0 Å². The zero-order chi connectivity index (χ0) is 20.3. The van der Waals surface area contributed by atoms with Gasteiger partial charge in [-0.15, -0.1) is 0 Å². The van der Waals surface area contributed by atoms with Gasteiger partial charge in [0, 0.05) is 12.5 Å². The number of esters is 2. The summed E-state index contributed by atoms with van der Waals surface area (Å²) in [4.78, 5) is 36.4. The van der Waals surface area contributed by atoms with Crippen molar-refractivity contribution >= 4 is 33.9 Å². The minimum absolute atomic E-state index is 0.0672. The third kappa shape index (κ3) is 3.83. The summed E-state index contributed by atoms with van der Waals surface area (Å²) in [6.07, 6.45) is 0.305. The molecule has 0 fully saturated rings. The van der Waals surface area contributed by atoms with Crippen molar-refractivity contribution in [3.8, 4) is 5.75 Å². The van der Waals surface area contributed by atoms with Crippen molar-refractivity contribution in [2.45, 2.75) is 26.7 Å². The summed E-state index contributed by atoms with van der Waals surface area (Å²) < 4.78 is 15.6. The van der Waals surface area contributed by atoms with Crippen LogP contribution >= 0.6 is 0 Å². The minimum atomic E-state index is -0.523. The Morgan fingerprint density at radius 3 is 2.43 bits per heavy atom. The summed E-state index contributed by atoms with van der Waals surface area (Å²) in [6, 6.07) is 7.34. The number of aryl methyl sites for hydroxylation is 1. The second-order valence-electron chi connectivity index (χ2n) is 6.14. The highest BCUT2D eigenvalue weighted by Crippen LogP contribution is 2.27. The number of aromatic hydroxyl groups is 1. The predicted octanol–water partition coefficient (Wildman–Crippen LogP) is 3.32. The monoisotopic (exact) mass is 384 g/mol. The topological polar surface area (TPSA) is 103 Å². The van der Waals surface area contributed by atoms with Crippen LogP contribution in [-0.4, -0.2) is 30.3 Å². The van der Waals surface area contributed by atoms with Gasteiger partial charge in [-0.25, -0.2) is 4.79 Å². The molecule has 0 aliphatic rings. The Hall–Kier alpha value is -3.35. The average molecular weight is 384 g/mol. The number of phenolic OH excluding ortho intramolecular Hbond substituents is 1. The Kier molecular flexibility index (Phi) is 5.63. The van der Waals surface area contributed by atoms with E-state index < -0.39 is 5.97 Å². The molecule has 7 nitrogen and oxygen atoms in total. The van der Waals surface area contributed by atoms with Gasteiger partial charge in [-0.3, -0.25) is 9.59 Å². The molecule has 0 atom stereocenters. The van der Waals surface area contributed by atoms with E-state index in [9.17, 15) is 19.5 Å². The largest absolute Gasteiger partial charge is 0.508 e. The number of carbonyl (C=O) groups is 2. The molecule has 0 aliphatic heterocycles. The summed E-state index contributed by atoms with van der Waals surface area (Å²) >= 11 is 0. The maximum Gasteiger partial charge on any atom is 0.338 e. The van der Waals surface area contributed by atoms with Gasteiger partial charge in [0.15, 0.2) is 0 Å². The van der Waals surface area contributed by atoms with Crippen molar-refractivity contribution in [1.29, 1.82) is 0 Å². The quantitative estimate of drug-likeness (QED) is 0.513. The van der Waals surface area contributed by atoms with Gasteiger partial charge in [-0.05, 0) is 50.1 Å². The summed E-state index contributed by atoms with van der Waals surface area (Å²) in [5, 5.41) is 10.7. The van der Waals surface area contributed by atoms with Crippen LogP contribution in [0.15, 0.2) is 39.5 Å². The van der Waals surface area contributed by atoms with Crippen molar-refractivity contribution in [3.05, 3.63) is 51.7 Å². The van der Waals surface area contributed by atoms with E-state index in [4.69, 9.17) is 13.9 Å². The molecule has 1 heterocycles. The zero-order valence-corrected chi connectivity index (χ0v) is 15.6. The van der Waals surface area contributed by atoms with Gasteiger partial charge in [-0.1, -0.05) is 0 Å². The molecule has 7 heteroatoms. The molecular formula is C21H20O7. The van der Waals surface area contributed by atoms with Gasteiger partial charge in [0.2, 0.25) is 5.43 Å².